The molecule has 0 spiro atoms. The van der Waals surface area contributed by atoms with Crippen LogP contribution in [0.4, 0.5) is 10.1 Å². The van der Waals surface area contributed by atoms with Crippen LogP contribution in [-0.2, 0) is 4.79 Å². The Morgan fingerprint density at radius 2 is 2.00 bits per heavy atom. The summed E-state index contributed by atoms with van der Waals surface area (Å²) in [5, 5.41) is 5.53. The summed E-state index contributed by atoms with van der Waals surface area (Å²) in [4.78, 5) is 11.0. The molecule has 2 N–H and O–H groups in total. The van der Waals surface area contributed by atoms with Gasteiger partial charge in [-0.3, -0.25) is 4.79 Å². The number of likely N-dealkylation sites (N-methyl/N-ethyl adjacent to an activating group) is 1. The largest absolute Gasteiger partial charge is 0.376 e. The Morgan fingerprint density at radius 1 is 1.36 bits per heavy atom. The molecule has 0 saturated heterocycles. The van der Waals surface area contributed by atoms with Gasteiger partial charge in [-0.05, 0) is 31.2 Å². The number of halogens is 1. The fourth-order valence-corrected chi connectivity index (χ4v) is 1.01. The fraction of sp³-hybridized carbons (Fsp3) is 0.300. The first-order valence-electron chi connectivity index (χ1n) is 4.48. The lowest BCUT2D eigenvalue weighted by Crippen LogP contribution is -2.29. The summed E-state index contributed by atoms with van der Waals surface area (Å²) in [6, 6.07) is 5.88. The predicted molar refractivity (Wildman–Crippen MR) is 53.6 cm³/mol. The van der Waals surface area contributed by atoms with Gasteiger partial charge in [-0.25, -0.2) is 4.39 Å². The van der Waals surface area contributed by atoms with Crippen LogP contribution in [0.25, 0.3) is 0 Å². The summed E-state index contributed by atoms with van der Waals surface area (Å²) in [5.41, 5.74) is 0.734. The molecule has 4 heteroatoms. The molecule has 0 unspecified atom stereocenters. The first-order chi connectivity index (χ1) is 6.72. The van der Waals surface area contributed by atoms with Crippen molar-refractivity contribution in [1.82, 2.24) is 5.32 Å². The maximum absolute atomic E-state index is 12.5. The molecule has 0 aromatic heterocycles. The van der Waals surface area contributed by atoms with Crippen LogP contribution in [0.1, 0.15) is 6.92 Å². The second-order valence-electron chi connectivity index (χ2n) is 2.81. The van der Waals surface area contributed by atoms with Crippen LogP contribution in [-0.4, -0.2) is 19.0 Å². The Labute approximate surface area is 82.3 Å². The van der Waals surface area contributed by atoms with Crippen molar-refractivity contribution in [3.05, 3.63) is 30.1 Å². The van der Waals surface area contributed by atoms with Gasteiger partial charge in [0.1, 0.15) is 5.82 Å². The van der Waals surface area contributed by atoms with Crippen molar-refractivity contribution < 1.29 is 9.18 Å². The van der Waals surface area contributed by atoms with Gasteiger partial charge in [-0.2, -0.15) is 0 Å². The molecule has 3 nitrogen and oxygen atoms in total. The van der Waals surface area contributed by atoms with Crippen LogP contribution in [0, 0.1) is 5.82 Å². The van der Waals surface area contributed by atoms with Crippen LogP contribution < -0.4 is 10.6 Å². The first-order valence-corrected chi connectivity index (χ1v) is 4.48. The van der Waals surface area contributed by atoms with Crippen molar-refractivity contribution in [2.24, 2.45) is 0 Å². The minimum atomic E-state index is -0.284. The maximum Gasteiger partial charge on any atom is 0.239 e. The number of anilines is 1. The van der Waals surface area contributed by atoms with Gasteiger partial charge in [-0.15, -0.1) is 0 Å². The Morgan fingerprint density at radius 3 is 2.57 bits per heavy atom. The molecule has 0 heterocycles. The number of benzene rings is 1. The van der Waals surface area contributed by atoms with Crippen molar-refractivity contribution in [1.29, 1.82) is 0 Å². The Hall–Kier alpha value is -1.58. The molecular weight excluding hydrogens is 183 g/mol. The van der Waals surface area contributed by atoms with Crippen LogP contribution in [0.3, 0.4) is 0 Å². The summed E-state index contributed by atoms with van der Waals surface area (Å²) in [7, 11) is 0. The Bertz CT molecular complexity index is 297. The van der Waals surface area contributed by atoms with E-state index < -0.39 is 0 Å². The molecule has 1 amide bonds. The fourth-order valence-electron chi connectivity index (χ4n) is 1.01. The molecule has 1 aromatic carbocycles. The molecule has 0 atom stereocenters. The van der Waals surface area contributed by atoms with Crippen molar-refractivity contribution in [3.63, 3.8) is 0 Å². The van der Waals surface area contributed by atoms with Gasteiger partial charge in [0.05, 0.1) is 6.54 Å². The molecule has 0 aliphatic carbocycles. The molecular formula is C10H13FN2O. The monoisotopic (exact) mass is 196 g/mol. The molecule has 14 heavy (non-hydrogen) atoms. The molecule has 0 bridgehead atoms. The number of carbonyl (C=O) groups is 1. The maximum atomic E-state index is 12.5. The van der Waals surface area contributed by atoms with Crippen molar-refractivity contribution in [2.45, 2.75) is 6.92 Å². The van der Waals surface area contributed by atoms with Gasteiger partial charge in [0.2, 0.25) is 5.91 Å². The topological polar surface area (TPSA) is 41.1 Å². The highest BCUT2D eigenvalue weighted by Crippen LogP contribution is 2.07. The van der Waals surface area contributed by atoms with E-state index in [0.29, 0.717) is 6.54 Å². The quantitative estimate of drug-likeness (QED) is 0.763. The Kier molecular flexibility index (Phi) is 3.91. The third-order valence-corrected chi connectivity index (χ3v) is 1.67. The number of amides is 1. The molecule has 76 valence electrons. The van der Waals surface area contributed by atoms with Gasteiger partial charge in [-0.1, -0.05) is 0 Å². The van der Waals surface area contributed by atoms with Crippen LogP contribution in [0.5, 0.6) is 0 Å². The summed E-state index contributed by atoms with van der Waals surface area (Å²) in [6.07, 6.45) is 0. The lowest BCUT2D eigenvalue weighted by atomic mass is 10.3. The third kappa shape index (κ3) is 3.43. The van der Waals surface area contributed by atoms with Gasteiger partial charge in [0.15, 0.2) is 0 Å². The smallest absolute Gasteiger partial charge is 0.239 e. The number of carbonyl (C=O) groups excluding carboxylic acids is 1. The molecule has 1 aromatic rings. The predicted octanol–water partition coefficient (Wildman–Crippen LogP) is 1.37. The molecule has 0 aliphatic rings. The second-order valence-corrected chi connectivity index (χ2v) is 2.81. The van der Waals surface area contributed by atoms with Crippen molar-refractivity contribution in [3.8, 4) is 0 Å². The number of hydrogen-bond donors (Lipinski definition) is 2. The minimum absolute atomic E-state index is 0.0724. The summed E-state index contributed by atoms with van der Waals surface area (Å²) in [5.74, 6) is -0.356. The SMILES string of the molecule is CCNC(=O)CNc1ccc(F)cc1. The number of hydrogen-bond acceptors (Lipinski definition) is 2. The van der Waals surface area contributed by atoms with Crippen molar-refractivity contribution >= 4 is 11.6 Å². The summed E-state index contributed by atoms with van der Waals surface area (Å²) in [6.45, 7) is 2.68. The van der Waals surface area contributed by atoms with E-state index in [1.165, 1.54) is 12.1 Å². The van der Waals surface area contributed by atoms with Crippen LogP contribution in [0.2, 0.25) is 0 Å². The van der Waals surface area contributed by atoms with Gasteiger partial charge in [0, 0.05) is 12.2 Å². The zero-order chi connectivity index (χ0) is 10.4. The summed E-state index contributed by atoms with van der Waals surface area (Å²) >= 11 is 0. The third-order valence-electron chi connectivity index (χ3n) is 1.67. The molecule has 0 fully saturated rings. The first kappa shape index (κ1) is 10.5. The second kappa shape index (κ2) is 5.21. The van der Waals surface area contributed by atoms with Crippen LogP contribution >= 0.6 is 0 Å². The zero-order valence-electron chi connectivity index (χ0n) is 8.01. The average molecular weight is 196 g/mol. The van der Waals surface area contributed by atoms with E-state index in [1.807, 2.05) is 6.92 Å². The zero-order valence-corrected chi connectivity index (χ0v) is 8.01. The highest BCUT2D eigenvalue weighted by Gasteiger charge is 1.98. The number of rotatable bonds is 4. The lowest BCUT2D eigenvalue weighted by Gasteiger charge is -2.05. The molecule has 0 aliphatic heterocycles. The highest BCUT2D eigenvalue weighted by molar-refractivity contribution is 5.80. The molecule has 0 saturated carbocycles. The standard InChI is InChI=1S/C10H13FN2O/c1-2-12-10(14)7-13-9-5-3-8(11)4-6-9/h3-6,13H,2,7H2,1H3,(H,12,14). The molecule has 0 radical (unpaired) electrons. The van der Waals surface area contributed by atoms with E-state index in [2.05, 4.69) is 10.6 Å². The van der Waals surface area contributed by atoms with Crippen LogP contribution in [0.15, 0.2) is 24.3 Å². The number of nitrogens with one attached hydrogen (secondary N) is 2. The van der Waals surface area contributed by atoms with Crippen molar-refractivity contribution in [2.75, 3.05) is 18.4 Å². The molecule has 1 rings (SSSR count). The highest BCUT2D eigenvalue weighted by atomic mass is 19.1. The normalized spacial score (nSPS) is 9.57. The Balaban J connectivity index is 2.38. The van der Waals surface area contributed by atoms with E-state index >= 15 is 0 Å². The summed E-state index contributed by atoms with van der Waals surface area (Å²) < 4.78 is 12.5. The lowest BCUT2D eigenvalue weighted by molar-refractivity contribution is -0.119. The van der Waals surface area contributed by atoms with E-state index in [4.69, 9.17) is 0 Å². The minimum Gasteiger partial charge on any atom is -0.376 e. The van der Waals surface area contributed by atoms with Gasteiger partial charge >= 0.3 is 0 Å². The van der Waals surface area contributed by atoms with E-state index in [9.17, 15) is 9.18 Å². The van der Waals surface area contributed by atoms with Gasteiger partial charge in [0.25, 0.3) is 0 Å². The average Bonchev–Trinajstić information content (AvgIpc) is 2.17. The van der Waals surface area contributed by atoms with E-state index in [1.54, 1.807) is 12.1 Å². The van der Waals surface area contributed by atoms with Gasteiger partial charge < -0.3 is 10.6 Å². The van der Waals surface area contributed by atoms with E-state index in [-0.39, 0.29) is 18.3 Å². The van der Waals surface area contributed by atoms with E-state index in [0.717, 1.165) is 5.69 Å².